The van der Waals surface area contributed by atoms with Gasteiger partial charge in [0.2, 0.25) is 0 Å². The molecular weight excluding hydrogens is 808 g/mol. The molecule has 0 saturated heterocycles. The van der Waals surface area contributed by atoms with Crippen molar-refractivity contribution in [2.45, 2.75) is 38.2 Å². The molecule has 0 N–H and O–H groups in total. The van der Waals surface area contributed by atoms with Gasteiger partial charge in [0.1, 0.15) is 22.8 Å². The summed E-state index contributed by atoms with van der Waals surface area (Å²) in [5.41, 5.74) is 9.39. The Morgan fingerprint density at radius 2 is 0.839 bits per heavy atom. The van der Waals surface area contributed by atoms with E-state index in [4.69, 9.17) is 32.7 Å². The minimum absolute atomic E-state index is 0.0681. The number of hydrogen-bond acceptors (Lipinski definition) is 4. The van der Waals surface area contributed by atoms with Crippen molar-refractivity contribution in [2.75, 3.05) is 0 Å². The van der Waals surface area contributed by atoms with E-state index >= 15 is 0 Å². The van der Waals surface area contributed by atoms with E-state index in [9.17, 15) is 9.59 Å². The van der Waals surface area contributed by atoms with E-state index in [1.165, 1.54) is 0 Å². The molecular formula is C56H44Cl2O4. The predicted molar refractivity (Wildman–Crippen MR) is 253 cm³/mol. The van der Waals surface area contributed by atoms with Crippen LogP contribution in [0.1, 0.15) is 70.7 Å². The van der Waals surface area contributed by atoms with Gasteiger partial charge in [-0.25, -0.2) is 0 Å². The van der Waals surface area contributed by atoms with Crippen LogP contribution in [0.5, 0.6) is 17.2 Å². The second kappa shape index (κ2) is 17.7. The molecule has 0 heterocycles. The Hall–Kier alpha value is -6.72. The first-order valence-electron chi connectivity index (χ1n) is 20.4. The van der Waals surface area contributed by atoms with Gasteiger partial charge >= 0.3 is 0 Å². The van der Waals surface area contributed by atoms with Gasteiger partial charge in [-0.3, -0.25) is 9.59 Å². The zero-order valence-electron chi connectivity index (χ0n) is 34.9. The summed E-state index contributed by atoms with van der Waals surface area (Å²) in [6.45, 7) is 7.92. The number of ketones is 2. The Labute approximate surface area is 373 Å². The molecule has 0 unspecified atom stereocenters. The van der Waals surface area contributed by atoms with Crippen molar-refractivity contribution in [2.24, 2.45) is 0 Å². The fourth-order valence-corrected chi connectivity index (χ4v) is 7.65. The second-order valence-corrected chi connectivity index (χ2v) is 17.6. The Morgan fingerprint density at radius 1 is 0.435 bits per heavy atom. The van der Waals surface area contributed by atoms with E-state index < -0.39 is 10.5 Å². The van der Waals surface area contributed by atoms with Gasteiger partial charge in [-0.1, -0.05) is 133 Å². The first-order valence-corrected chi connectivity index (χ1v) is 21.2. The molecule has 0 atom stereocenters. The normalized spacial score (nSPS) is 11.5. The van der Waals surface area contributed by atoms with Crippen LogP contribution >= 0.6 is 23.2 Å². The molecule has 0 aromatic heterocycles. The maximum atomic E-state index is 13.3. The van der Waals surface area contributed by atoms with Gasteiger partial charge in [-0.15, -0.1) is 11.6 Å². The van der Waals surface area contributed by atoms with Gasteiger partial charge in [-0.05, 0) is 134 Å². The maximum absolute atomic E-state index is 13.3. The molecule has 0 aliphatic carbocycles. The molecule has 8 aromatic rings. The van der Waals surface area contributed by atoms with Crippen LogP contribution < -0.4 is 9.47 Å². The van der Waals surface area contributed by atoms with Crippen LogP contribution in [0.2, 0.25) is 5.02 Å². The van der Waals surface area contributed by atoms with Crippen molar-refractivity contribution in [1.82, 2.24) is 0 Å². The van der Waals surface area contributed by atoms with Crippen LogP contribution in [0.25, 0.3) is 33.4 Å². The number of carbonyl (C=O) groups excluding carboxylic acids is 2. The molecule has 0 bridgehead atoms. The Kier molecular flexibility index (Phi) is 12.0. The highest BCUT2D eigenvalue weighted by Crippen LogP contribution is 2.41. The van der Waals surface area contributed by atoms with E-state index in [0.717, 1.165) is 50.3 Å². The molecule has 0 aliphatic heterocycles. The van der Waals surface area contributed by atoms with Crippen molar-refractivity contribution in [3.05, 3.63) is 233 Å². The first kappa shape index (κ1) is 42.0. The Balaban J connectivity index is 1.07. The lowest BCUT2D eigenvalue weighted by Gasteiger charge is -2.29. The van der Waals surface area contributed by atoms with Crippen LogP contribution in [0, 0.1) is 0 Å². The standard InChI is InChI=1S/C56H44Cl2O4/c1-55(2,58)45-25-15-39(16-26-45)54(60)42-21-31-48(32-22-42)61-51-33-23-43(35-49(51)37-11-7-5-8-12-37)44-24-34-52(50(36-44)38-13-9-6-10-14-38)62-56(3,4)46-27-17-40(18-28-46)53(59)41-19-29-47(57)30-20-41/h5-36H,1-4H3. The fraction of sp³-hybridized carbons (Fsp3) is 0.107. The number of halogens is 2. The number of benzene rings is 8. The summed E-state index contributed by atoms with van der Waals surface area (Å²) in [4.78, 5) is 26.0. The van der Waals surface area contributed by atoms with Crippen LogP contribution in [0.3, 0.4) is 0 Å². The van der Waals surface area contributed by atoms with Gasteiger partial charge in [0.05, 0.1) is 4.87 Å². The molecule has 0 spiro atoms. The van der Waals surface area contributed by atoms with Crippen molar-refractivity contribution in [3.8, 4) is 50.6 Å². The summed E-state index contributed by atoms with van der Waals surface area (Å²) in [7, 11) is 0. The molecule has 0 amide bonds. The third-order valence-corrected chi connectivity index (χ3v) is 11.4. The number of rotatable bonds is 13. The predicted octanol–water partition coefficient (Wildman–Crippen LogP) is 15.4. The molecule has 0 radical (unpaired) electrons. The van der Waals surface area contributed by atoms with E-state index in [0.29, 0.717) is 38.8 Å². The lowest BCUT2D eigenvalue weighted by Crippen LogP contribution is -2.25. The van der Waals surface area contributed by atoms with Crippen LogP contribution in [0.15, 0.2) is 194 Å². The molecule has 4 nitrogen and oxygen atoms in total. The lowest BCUT2D eigenvalue weighted by molar-refractivity contribution is 0.103. The minimum Gasteiger partial charge on any atom is -0.483 e. The van der Waals surface area contributed by atoms with Crippen molar-refractivity contribution < 1.29 is 19.1 Å². The molecule has 62 heavy (non-hydrogen) atoms. The molecule has 0 fully saturated rings. The Morgan fingerprint density at radius 3 is 1.31 bits per heavy atom. The summed E-state index contributed by atoms with van der Waals surface area (Å²) >= 11 is 12.5. The van der Waals surface area contributed by atoms with Crippen LogP contribution in [-0.2, 0) is 10.5 Å². The van der Waals surface area contributed by atoms with Crippen molar-refractivity contribution >= 4 is 34.8 Å². The minimum atomic E-state index is -0.731. The van der Waals surface area contributed by atoms with Crippen LogP contribution in [0.4, 0.5) is 0 Å². The highest BCUT2D eigenvalue weighted by atomic mass is 35.5. The molecule has 306 valence electrons. The Bertz CT molecular complexity index is 2840. The lowest BCUT2D eigenvalue weighted by atomic mass is 9.93. The zero-order valence-corrected chi connectivity index (χ0v) is 36.4. The maximum Gasteiger partial charge on any atom is 0.193 e. The average molecular weight is 852 g/mol. The molecule has 0 aliphatic rings. The summed E-state index contributed by atoms with van der Waals surface area (Å²) in [6, 6.07) is 62.0. The highest BCUT2D eigenvalue weighted by molar-refractivity contribution is 6.30. The zero-order chi connectivity index (χ0) is 43.4. The molecule has 8 aromatic carbocycles. The molecule has 8 rings (SSSR count). The monoisotopic (exact) mass is 850 g/mol. The summed E-state index contributed by atoms with van der Waals surface area (Å²) < 4.78 is 13.4. The topological polar surface area (TPSA) is 52.6 Å². The first-order chi connectivity index (χ1) is 29.8. The van der Waals surface area contributed by atoms with Crippen LogP contribution in [-0.4, -0.2) is 11.6 Å². The van der Waals surface area contributed by atoms with E-state index in [2.05, 4.69) is 48.5 Å². The SMILES string of the molecule is CC(C)(Cl)c1ccc(C(=O)c2ccc(Oc3ccc(-c4ccc(OC(C)(C)c5ccc(C(=O)c6ccc(Cl)cc6)cc5)c(-c5ccccc5)c4)cc3-c3ccccc3)cc2)cc1. The fourth-order valence-electron chi connectivity index (χ4n) is 7.39. The van der Waals surface area contributed by atoms with E-state index in [1.54, 1.807) is 36.4 Å². The van der Waals surface area contributed by atoms with Gasteiger partial charge < -0.3 is 9.47 Å². The van der Waals surface area contributed by atoms with Crippen molar-refractivity contribution in [3.63, 3.8) is 0 Å². The van der Waals surface area contributed by atoms with E-state index in [-0.39, 0.29) is 11.6 Å². The highest BCUT2D eigenvalue weighted by Gasteiger charge is 2.26. The van der Waals surface area contributed by atoms with Gasteiger partial charge in [0.15, 0.2) is 11.6 Å². The number of alkyl halides is 1. The van der Waals surface area contributed by atoms with Gasteiger partial charge in [-0.2, -0.15) is 0 Å². The van der Waals surface area contributed by atoms with Gasteiger partial charge in [0.25, 0.3) is 0 Å². The number of hydrogen-bond donors (Lipinski definition) is 0. The third kappa shape index (κ3) is 9.43. The molecule has 6 heteroatoms. The summed E-state index contributed by atoms with van der Waals surface area (Å²) in [5, 5.41) is 0.587. The number of carbonyl (C=O) groups is 2. The summed E-state index contributed by atoms with van der Waals surface area (Å²) in [5.74, 6) is 1.89. The number of ether oxygens (including phenoxy) is 2. The smallest absolute Gasteiger partial charge is 0.193 e. The largest absolute Gasteiger partial charge is 0.483 e. The average Bonchev–Trinajstić information content (AvgIpc) is 3.29. The third-order valence-electron chi connectivity index (χ3n) is 11.0. The second-order valence-electron chi connectivity index (χ2n) is 16.2. The quantitative estimate of drug-likeness (QED) is 0.0856. The van der Waals surface area contributed by atoms with Crippen molar-refractivity contribution in [1.29, 1.82) is 0 Å². The van der Waals surface area contributed by atoms with Gasteiger partial charge in [0, 0.05) is 38.4 Å². The van der Waals surface area contributed by atoms with E-state index in [1.807, 2.05) is 137 Å². The molecule has 0 saturated carbocycles. The summed E-state index contributed by atoms with van der Waals surface area (Å²) in [6.07, 6.45) is 0.